The Bertz CT molecular complexity index is 1020. The van der Waals surface area contributed by atoms with Crippen LogP contribution in [0.4, 0.5) is 17.1 Å². The molecular formula is C24H26N4O. The van der Waals surface area contributed by atoms with E-state index in [1.165, 1.54) is 0 Å². The van der Waals surface area contributed by atoms with Crippen molar-refractivity contribution in [2.75, 3.05) is 16.3 Å². The third kappa shape index (κ3) is 3.61. The first-order valence-corrected chi connectivity index (χ1v) is 10.00. The van der Waals surface area contributed by atoms with Gasteiger partial charge in [-0.2, -0.15) is 0 Å². The molecule has 29 heavy (non-hydrogen) atoms. The van der Waals surface area contributed by atoms with E-state index in [4.69, 9.17) is 5.73 Å². The van der Waals surface area contributed by atoms with Crippen LogP contribution in [-0.2, 0) is 6.54 Å². The topological polar surface area (TPSA) is 62.5 Å². The van der Waals surface area contributed by atoms with Crippen LogP contribution in [-0.4, -0.2) is 23.5 Å². The molecule has 0 aliphatic carbocycles. The first-order valence-electron chi connectivity index (χ1n) is 10.00. The van der Waals surface area contributed by atoms with Crippen LogP contribution in [0.15, 0.2) is 67.0 Å². The molecule has 3 aromatic rings. The SMILES string of the molecule is Cc1cc(C(=O)N2c3ccccc3N(c3cccnc3)CCC2C)ccc1CN. The molecule has 1 aliphatic heterocycles. The van der Waals surface area contributed by atoms with E-state index in [9.17, 15) is 4.79 Å². The molecule has 0 bridgehead atoms. The first kappa shape index (κ1) is 19.2. The second-order valence-electron chi connectivity index (χ2n) is 7.51. The molecule has 4 rings (SSSR count). The molecule has 2 aromatic carbocycles. The van der Waals surface area contributed by atoms with Crippen LogP contribution in [0, 0.1) is 6.92 Å². The lowest BCUT2D eigenvalue weighted by Gasteiger charge is -2.29. The van der Waals surface area contributed by atoms with Gasteiger partial charge in [0.2, 0.25) is 0 Å². The summed E-state index contributed by atoms with van der Waals surface area (Å²) < 4.78 is 0. The van der Waals surface area contributed by atoms with E-state index in [-0.39, 0.29) is 11.9 Å². The quantitative estimate of drug-likeness (QED) is 0.723. The predicted molar refractivity (Wildman–Crippen MR) is 118 cm³/mol. The maximum atomic E-state index is 13.6. The highest BCUT2D eigenvalue weighted by Crippen LogP contribution is 2.39. The second-order valence-corrected chi connectivity index (χ2v) is 7.51. The largest absolute Gasteiger partial charge is 0.338 e. The lowest BCUT2D eigenvalue weighted by molar-refractivity contribution is 0.0978. The number of carbonyl (C=O) groups excluding carboxylic acids is 1. The number of nitrogens with zero attached hydrogens (tertiary/aromatic N) is 3. The Morgan fingerprint density at radius 2 is 1.93 bits per heavy atom. The van der Waals surface area contributed by atoms with Gasteiger partial charge < -0.3 is 15.5 Å². The van der Waals surface area contributed by atoms with Crippen LogP contribution in [0.25, 0.3) is 0 Å². The highest BCUT2D eigenvalue weighted by molar-refractivity contribution is 6.08. The van der Waals surface area contributed by atoms with Crippen LogP contribution in [0.5, 0.6) is 0 Å². The van der Waals surface area contributed by atoms with Gasteiger partial charge in [-0.15, -0.1) is 0 Å². The van der Waals surface area contributed by atoms with Gasteiger partial charge >= 0.3 is 0 Å². The number of hydrogen-bond donors (Lipinski definition) is 1. The number of rotatable bonds is 3. The molecule has 2 heterocycles. The molecule has 1 unspecified atom stereocenters. The van der Waals surface area contributed by atoms with Crippen LogP contribution in [0.3, 0.4) is 0 Å². The molecule has 2 N–H and O–H groups in total. The molecule has 0 fully saturated rings. The summed E-state index contributed by atoms with van der Waals surface area (Å²) in [5.41, 5.74) is 11.6. The molecular weight excluding hydrogens is 360 g/mol. The van der Waals surface area contributed by atoms with E-state index in [1.54, 1.807) is 6.20 Å². The Balaban J connectivity index is 1.78. The zero-order valence-corrected chi connectivity index (χ0v) is 16.9. The lowest BCUT2D eigenvalue weighted by atomic mass is 10.0. The summed E-state index contributed by atoms with van der Waals surface area (Å²) >= 11 is 0. The van der Waals surface area contributed by atoms with Crippen LogP contribution < -0.4 is 15.5 Å². The molecule has 0 saturated heterocycles. The van der Waals surface area contributed by atoms with Crippen molar-refractivity contribution in [3.05, 3.63) is 83.7 Å². The smallest absolute Gasteiger partial charge is 0.258 e. The van der Waals surface area contributed by atoms with Gasteiger partial charge in [0.1, 0.15) is 0 Å². The van der Waals surface area contributed by atoms with Crippen molar-refractivity contribution in [2.45, 2.75) is 32.9 Å². The standard InChI is InChI=1S/C24H26N4O/c1-17-14-19(9-10-20(17)15-25)24(29)28-18(2)11-13-27(21-6-5-12-26-16-21)22-7-3-4-8-23(22)28/h3-10,12,14,16,18H,11,13,15,25H2,1-2H3. The van der Waals surface area contributed by atoms with Crippen molar-refractivity contribution in [3.8, 4) is 0 Å². The minimum Gasteiger partial charge on any atom is -0.338 e. The van der Waals surface area contributed by atoms with E-state index in [0.717, 1.165) is 41.2 Å². The summed E-state index contributed by atoms with van der Waals surface area (Å²) in [5, 5.41) is 0. The zero-order chi connectivity index (χ0) is 20.4. The second kappa shape index (κ2) is 8.05. The summed E-state index contributed by atoms with van der Waals surface area (Å²) in [5.74, 6) is 0.0182. The van der Waals surface area contributed by atoms with Crippen LogP contribution in [0.1, 0.15) is 34.8 Å². The number of aromatic nitrogens is 1. The maximum Gasteiger partial charge on any atom is 0.258 e. The molecule has 1 aliphatic rings. The Kier molecular flexibility index (Phi) is 5.32. The van der Waals surface area contributed by atoms with Gasteiger partial charge in [0.05, 0.1) is 23.3 Å². The van der Waals surface area contributed by atoms with Crippen molar-refractivity contribution in [2.24, 2.45) is 5.73 Å². The fourth-order valence-electron chi connectivity index (χ4n) is 3.99. The summed E-state index contributed by atoms with van der Waals surface area (Å²) in [6.45, 7) is 5.41. The van der Waals surface area contributed by atoms with E-state index >= 15 is 0 Å². The number of hydrogen-bond acceptors (Lipinski definition) is 4. The van der Waals surface area contributed by atoms with Crippen LogP contribution >= 0.6 is 0 Å². The lowest BCUT2D eigenvalue weighted by Crippen LogP contribution is -2.38. The average Bonchev–Trinajstić information content (AvgIpc) is 2.90. The first-order chi connectivity index (χ1) is 14.1. The number of amides is 1. The van der Waals surface area contributed by atoms with Gasteiger partial charge in [0.15, 0.2) is 0 Å². The highest BCUT2D eigenvalue weighted by atomic mass is 16.2. The Labute approximate surface area is 171 Å². The molecule has 1 atom stereocenters. The normalized spacial score (nSPS) is 16.3. The Morgan fingerprint density at radius 3 is 2.62 bits per heavy atom. The van der Waals surface area contributed by atoms with Gasteiger partial charge in [0.25, 0.3) is 5.91 Å². The zero-order valence-electron chi connectivity index (χ0n) is 16.9. The molecule has 1 aromatic heterocycles. The Morgan fingerprint density at radius 1 is 1.14 bits per heavy atom. The molecule has 0 saturated carbocycles. The third-order valence-corrected chi connectivity index (χ3v) is 5.63. The van der Waals surface area contributed by atoms with Gasteiger partial charge in [-0.3, -0.25) is 9.78 Å². The monoisotopic (exact) mass is 386 g/mol. The summed E-state index contributed by atoms with van der Waals surface area (Å²) in [6.07, 6.45) is 4.50. The van der Waals surface area contributed by atoms with E-state index in [2.05, 4.69) is 28.9 Å². The number of fused-ring (bicyclic) bond motifs is 1. The van der Waals surface area contributed by atoms with Crippen molar-refractivity contribution in [1.29, 1.82) is 0 Å². The summed E-state index contributed by atoms with van der Waals surface area (Å²) in [7, 11) is 0. The van der Waals surface area contributed by atoms with Crippen molar-refractivity contribution in [1.82, 2.24) is 4.98 Å². The number of para-hydroxylation sites is 2. The molecule has 1 amide bonds. The average molecular weight is 386 g/mol. The van der Waals surface area contributed by atoms with Crippen molar-refractivity contribution < 1.29 is 4.79 Å². The fraction of sp³-hybridized carbons (Fsp3) is 0.250. The van der Waals surface area contributed by atoms with Gasteiger partial charge in [-0.1, -0.05) is 18.2 Å². The van der Waals surface area contributed by atoms with Gasteiger partial charge in [-0.25, -0.2) is 0 Å². The Hall–Kier alpha value is -3.18. The molecule has 0 radical (unpaired) electrons. The molecule has 5 heteroatoms. The highest BCUT2D eigenvalue weighted by Gasteiger charge is 2.30. The fourth-order valence-corrected chi connectivity index (χ4v) is 3.99. The van der Waals surface area contributed by atoms with E-state index in [0.29, 0.717) is 12.1 Å². The van der Waals surface area contributed by atoms with Crippen LogP contribution in [0.2, 0.25) is 0 Å². The van der Waals surface area contributed by atoms with Gasteiger partial charge in [-0.05, 0) is 67.8 Å². The third-order valence-electron chi connectivity index (χ3n) is 5.63. The number of nitrogens with two attached hydrogens (primary N) is 1. The maximum absolute atomic E-state index is 13.6. The number of carbonyl (C=O) groups is 1. The molecule has 5 nitrogen and oxygen atoms in total. The number of aryl methyl sites for hydroxylation is 1. The van der Waals surface area contributed by atoms with Crippen molar-refractivity contribution in [3.63, 3.8) is 0 Å². The summed E-state index contributed by atoms with van der Waals surface area (Å²) in [4.78, 5) is 22.0. The number of benzene rings is 2. The molecule has 148 valence electrons. The van der Waals surface area contributed by atoms with Crippen molar-refractivity contribution >= 4 is 23.0 Å². The minimum atomic E-state index is 0.0182. The molecule has 0 spiro atoms. The number of anilines is 3. The van der Waals surface area contributed by atoms with Gasteiger partial charge in [0, 0.05) is 30.9 Å². The minimum absolute atomic E-state index is 0.0182. The summed E-state index contributed by atoms with van der Waals surface area (Å²) in [6, 6.07) is 18.0. The van der Waals surface area contributed by atoms with E-state index in [1.807, 2.05) is 60.5 Å². The van der Waals surface area contributed by atoms with E-state index < -0.39 is 0 Å². The number of pyridine rings is 1. The predicted octanol–water partition coefficient (Wildman–Crippen LogP) is 4.43.